The van der Waals surface area contributed by atoms with Crippen LogP contribution in [-0.2, 0) is 0 Å². The van der Waals surface area contributed by atoms with E-state index in [4.69, 9.17) is 4.99 Å². The second-order valence-corrected chi connectivity index (χ2v) is 19.1. The molecule has 9 rings (SSSR count). The van der Waals surface area contributed by atoms with E-state index in [1.54, 1.807) is 0 Å². The Labute approximate surface area is 276 Å². The Morgan fingerprint density at radius 2 is 1.02 bits per heavy atom. The monoisotopic (exact) mass is 612 g/mol. The van der Waals surface area contributed by atoms with Crippen molar-refractivity contribution in [1.82, 2.24) is 4.90 Å². The Hall–Kier alpha value is -0.880. The first-order valence-electron chi connectivity index (χ1n) is 20.7. The van der Waals surface area contributed by atoms with E-state index in [0.29, 0.717) is 35.6 Å². The van der Waals surface area contributed by atoms with Gasteiger partial charge in [-0.15, -0.1) is 0 Å². The smallest absolute Gasteiger partial charge is 0.0662 e. The standard InChI is InChI=1S/C42H65N3/c1-24-13-17-27(18-14-24)45(28-19-15-25(2)16-20-28)35-22-21-33-37-29(35)9-6-12-32(37)39-34(23-43)38-30-10-4-7-26-8-5-11-31(36(26)30)40(38)42(44-3)41(33)39/h24-42H,3-22H2,1-2H3. The minimum absolute atomic E-state index is 0.302. The highest BCUT2D eigenvalue weighted by atomic mass is 15.2. The first kappa shape index (κ1) is 30.2. The van der Waals surface area contributed by atoms with Crippen LogP contribution in [0.4, 0.5) is 0 Å². The molecule has 15 unspecified atom stereocenters. The second-order valence-electron chi connectivity index (χ2n) is 19.1. The van der Waals surface area contributed by atoms with Crippen LogP contribution in [0.5, 0.6) is 0 Å². The number of nitriles is 1. The minimum Gasteiger partial charge on any atom is -0.297 e. The molecule has 248 valence electrons. The molecule has 15 atom stereocenters. The largest absolute Gasteiger partial charge is 0.297 e. The molecule has 9 aliphatic carbocycles. The maximum atomic E-state index is 11.2. The first-order valence-corrected chi connectivity index (χ1v) is 20.7. The Kier molecular flexibility index (Phi) is 8.00. The van der Waals surface area contributed by atoms with Crippen LogP contribution in [0.25, 0.3) is 0 Å². The number of hydrogen-bond donors (Lipinski definition) is 0. The van der Waals surface area contributed by atoms with Gasteiger partial charge in [-0.3, -0.25) is 9.89 Å². The van der Waals surface area contributed by atoms with E-state index >= 15 is 0 Å². The van der Waals surface area contributed by atoms with Gasteiger partial charge in [0.15, 0.2) is 0 Å². The van der Waals surface area contributed by atoms with Gasteiger partial charge in [0.05, 0.1) is 18.0 Å². The average Bonchev–Trinajstić information content (AvgIpc) is 3.59. The molecule has 0 N–H and O–H groups in total. The van der Waals surface area contributed by atoms with Crippen LogP contribution in [-0.4, -0.2) is 35.8 Å². The van der Waals surface area contributed by atoms with Gasteiger partial charge in [-0.1, -0.05) is 46.0 Å². The van der Waals surface area contributed by atoms with Gasteiger partial charge in [-0.05, 0) is 179 Å². The van der Waals surface area contributed by atoms with E-state index in [0.717, 1.165) is 77.3 Å². The summed E-state index contributed by atoms with van der Waals surface area (Å²) in [5.41, 5.74) is 0. The Morgan fingerprint density at radius 1 is 0.533 bits per heavy atom. The summed E-state index contributed by atoms with van der Waals surface area (Å²) in [6.07, 6.45) is 27.4. The third kappa shape index (κ3) is 4.58. The number of nitrogens with zero attached hydrogens (tertiary/aromatic N) is 3. The molecule has 3 heteroatoms. The summed E-state index contributed by atoms with van der Waals surface area (Å²) >= 11 is 0. The third-order valence-corrected chi connectivity index (χ3v) is 17.6. The lowest BCUT2D eigenvalue weighted by molar-refractivity contribution is -0.0606. The lowest BCUT2D eigenvalue weighted by Gasteiger charge is -2.55. The van der Waals surface area contributed by atoms with Gasteiger partial charge in [0.25, 0.3) is 0 Å². The quantitative estimate of drug-likeness (QED) is 0.297. The fourth-order valence-corrected chi connectivity index (χ4v) is 16.4. The second kappa shape index (κ2) is 11.9. The van der Waals surface area contributed by atoms with Gasteiger partial charge in [0.2, 0.25) is 0 Å². The zero-order valence-electron chi connectivity index (χ0n) is 29.0. The molecule has 0 radical (unpaired) electrons. The third-order valence-electron chi connectivity index (χ3n) is 17.6. The van der Waals surface area contributed by atoms with Crippen molar-refractivity contribution >= 4 is 6.72 Å². The van der Waals surface area contributed by atoms with Crippen molar-refractivity contribution < 1.29 is 0 Å². The molecule has 0 aromatic rings. The van der Waals surface area contributed by atoms with E-state index in [2.05, 4.69) is 31.5 Å². The lowest BCUT2D eigenvalue weighted by Crippen LogP contribution is -2.58. The van der Waals surface area contributed by atoms with Crippen LogP contribution in [0.3, 0.4) is 0 Å². The Balaban J connectivity index is 1.06. The molecule has 0 saturated heterocycles. The molecule has 3 nitrogen and oxygen atoms in total. The highest BCUT2D eigenvalue weighted by molar-refractivity contribution is 5.29. The molecular formula is C42H65N3. The summed E-state index contributed by atoms with van der Waals surface area (Å²) in [7, 11) is 0. The van der Waals surface area contributed by atoms with Crippen molar-refractivity contribution in [3.8, 4) is 6.07 Å². The lowest BCUT2D eigenvalue weighted by atomic mass is 9.56. The fraction of sp³-hybridized carbons (Fsp3) is 0.952. The summed E-state index contributed by atoms with van der Waals surface area (Å²) in [4.78, 5) is 8.53. The van der Waals surface area contributed by atoms with E-state index in [1.807, 2.05) is 0 Å². The van der Waals surface area contributed by atoms with Crippen LogP contribution in [0.15, 0.2) is 4.99 Å². The minimum atomic E-state index is 0.302. The van der Waals surface area contributed by atoms with Gasteiger partial charge in [-0.2, -0.15) is 5.26 Å². The highest BCUT2D eigenvalue weighted by Gasteiger charge is 2.70. The van der Waals surface area contributed by atoms with Gasteiger partial charge >= 0.3 is 0 Å². The normalized spacial score (nSPS) is 56.8. The molecule has 0 spiro atoms. The Morgan fingerprint density at radius 3 is 1.58 bits per heavy atom. The molecule has 0 aromatic heterocycles. The number of rotatable bonds is 4. The number of hydrogen-bond acceptors (Lipinski definition) is 3. The topological polar surface area (TPSA) is 39.4 Å². The molecule has 0 bridgehead atoms. The molecule has 0 aromatic carbocycles. The molecule has 0 aliphatic heterocycles. The predicted octanol–water partition coefficient (Wildman–Crippen LogP) is 9.80. The summed E-state index contributed by atoms with van der Waals surface area (Å²) in [6, 6.07) is 6.11. The van der Waals surface area contributed by atoms with Crippen LogP contribution in [0.2, 0.25) is 0 Å². The van der Waals surface area contributed by atoms with E-state index < -0.39 is 0 Å². The first-order chi connectivity index (χ1) is 22.1. The Bertz CT molecular complexity index is 1100. The van der Waals surface area contributed by atoms with Gasteiger partial charge < -0.3 is 0 Å². The van der Waals surface area contributed by atoms with Crippen molar-refractivity contribution in [2.75, 3.05) is 0 Å². The van der Waals surface area contributed by atoms with Crippen molar-refractivity contribution in [3.05, 3.63) is 0 Å². The molecule has 9 saturated carbocycles. The van der Waals surface area contributed by atoms with Gasteiger partial charge in [0.1, 0.15) is 0 Å². The van der Waals surface area contributed by atoms with Crippen LogP contribution >= 0.6 is 0 Å². The molecular weight excluding hydrogens is 546 g/mol. The van der Waals surface area contributed by atoms with Crippen molar-refractivity contribution in [3.63, 3.8) is 0 Å². The average molecular weight is 612 g/mol. The molecule has 0 heterocycles. The van der Waals surface area contributed by atoms with Crippen LogP contribution in [0, 0.1) is 100 Å². The summed E-state index contributed by atoms with van der Waals surface area (Å²) < 4.78 is 0. The van der Waals surface area contributed by atoms with E-state index in [-0.39, 0.29) is 0 Å². The number of aliphatic imine (C=N–C) groups is 1. The maximum Gasteiger partial charge on any atom is 0.0662 e. The summed E-state index contributed by atoms with van der Waals surface area (Å²) in [5, 5.41) is 11.2. The van der Waals surface area contributed by atoms with Crippen molar-refractivity contribution in [2.45, 2.75) is 160 Å². The molecule has 9 aliphatic rings. The summed E-state index contributed by atoms with van der Waals surface area (Å²) in [6.45, 7) is 9.45. The molecule has 45 heavy (non-hydrogen) atoms. The number of fused-ring (bicyclic) bond motifs is 6. The maximum absolute atomic E-state index is 11.2. The van der Waals surface area contributed by atoms with Crippen LogP contribution in [0.1, 0.15) is 136 Å². The molecule has 0 amide bonds. The zero-order chi connectivity index (χ0) is 30.4. The van der Waals surface area contributed by atoms with Crippen LogP contribution < -0.4 is 0 Å². The SMILES string of the molecule is C=NC1C2C3CCCC4CCCC(C43)C2C(C#N)C2C3CCCC4C3C(CCC4N(C3CCC(C)CC3)C3CCC(C)CC3)C12. The molecule has 9 fully saturated rings. The highest BCUT2D eigenvalue weighted by Crippen LogP contribution is 2.72. The van der Waals surface area contributed by atoms with Crippen molar-refractivity contribution in [1.29, 1.82) is 5.26 Å². The van der Waals surface area contributed by atoms with E-state index in [9.17, 15) is 5.26 Å². The van der Waals surface area contributed by atoms with E-state index in [1.165, 1.54) is 122 Å². The zero-order valence-corrected chi connectivity index (χ0v) is 29.0. The predicted molar refractivity (Wildman–Crippen MR) is 184 cm³/mol. The fourth-order valence-electron chi connectivity index (χ4n) is 16.4. The van der Waals surface area contributed by atoms with Gasteiger partial charge in [0, 0.05) is 18.1 Å². The van der Waals surface area contributed by atoms with Gasteiger partial charge in [-0.25, -0.2) is 0 Å². The van der Waals surface area contributed by atoms with Crippen molar-refractivity contribution in [2.24, 2.45) is 93.8 Å². The summed E-state index contributed by atoms with van der Waals surface area (Å²) in [5.74, 6) is 11.6.